The molecule has 0 radical (unpaired) electrons. The van der Waals surface area contributed by atoms with E-state index >= 15 is 0 Å². The van der Waals surface area contributed by atoms with Gasteiger partial charge in [0.05, 0.1) is 11.7 Å². The third-order valence-corrected chi connectivity index (χ3v) is 6.52. The highest BCUT2D eigenvalue weighted by Crippen LogP contribution is 2.32. The van der Waals surface area contributed by atoms with E-state index in [1.54, 1.807) is 24.3 Å². The zero-order valence-electron chi connectivity index (χ0n) is 22.1. The SMILES string of the molecule is CCC(C(=O)N[C@@H](Cc1cc(F)cc(F)c1)c1ncccc1-c1cccc(C(N)=O)c1)n1nc(C(F)F)cc1C(F)F. The van der Waals surface area contributed by atoms with Crippen LogP contribution in [0.15, 0.2) is 66.9 Å². The molecule has 0 aliphatic rings. The number of benzene rings is 2. The number of pyridine rings is 1. The van der Waals surface area contributed by atoms with Crippen molar-refractivity contribution in [2.45, 2.75) is 44.7 Å². The van der Waals surface area contributed by atoms with Crippen molar-refractivity contribution >= 4 is 11.8 Å². The van der Waals surface area contributed by atoms with Crippen LogP contribution in [-0.2, 0) is 11.2 Å². The number of hydrogen-bond donors (Lipinski definition) is 2. The van der Waals surface area contributed by atoms with Gasteiger partial charge in [-0.25, -0.2) is 26.3 Å². The summed E-state index contributed by atoms with van der Waals surface area (Å²) in [5.74, 6) is -3.29. The Bertz CT molecular complexity index is 1570. The molecule has 1 unspecified atom stereocenters. The average Bonchev–Trinajstić information content (AvgIpc) is 3.38. The van der Waals surface area contributed by atoms with Crippen molar-refractivity contribution in [1.29, 1.82) is 0 Å². The van der Waals surface area contributed by atoms with E-state index in [2.05, 4.69) is 15.4 Å². The minimum absolute atomic E-state index is 0.104. The van der Waals surface area contributed by atoms with E-state index in [1.807, 2.05) is 0 Å². The highest BCUT2D eigenvalue weighted by Gasteiger charge is 2.31. The molecule has 2 heterocycles. The number of carbonyl (C=O) groups excluding carboxylic acids is 2. The highest BCUT2D eigenvalue weighted by molar-refractivity contribution is 5.94. The molecule has 4 rings (SSSR count). The van der Waals surface area contributed by atoms with Gasteiger partial charge in [-0.2, -0.15) is 5.10 Å². The largest absolute Gasteiger partial charge is 0.366 e. The third kappa shape index (κ3) is 6.78. The van der Waals surface area contributed by atoms with E-state index in [4.69, 9.17) is 5.73 Å². The van der Waals surface area contributed by atoms with Gasteiger partial charge in [0.2, 0.25) is 11.8 Å². The van der Waals surface area contributed by atoms with Crippen LogP contribution in [0.3, 0.4) is 0 Å². The quantitative estimate of drug-likeness (QED) is 0.202. The van der Waals surface area contributed by atoms with Gasteiger partial charge in [-0.1, -0.05) is 25.1 Å². The van der Waals surface area contributed by atoms with Crippen molar-refractivity contribution in [1.82, 2.24) is 20.1 Å². The topological polar surface area (TPSA) is 103 Å². The van der Waals surface area contributed by atoms with Gasteiger partial charge in [0.25, 0.3) is 12.9 Å². The Morgan fingerprint density at radius 3 is 2.29 bits per heavy atom. The fourth-order valence-electron chi connectivity index (χ4n) is 4.65. The number of nitrogens with zero attached hydrogens (tertiary/aromatic N) is 3. The van der Waals surface area contributed by atoms with Crippen LogP contribution >= 0.6 is 0 Å². The molecule has 220 valence electrons. The normalized spacial score (nSPS) is 12.9. The lowest BCUT2D eigenvalue weighted by molar-refractivity contribution is -0.125. The van der Waals surface area contributed by atoms with Gasteiger partial charge in [-0.3, -0.25) is 19.3 Å². The molecular weight excluding hydrogens is 564 g/mol. The van der Waals surface area contributed by atoms with Crippen LogP contribution in [0.1, 0.15) is 71.3 Å². The molecule has 7 nitrogen and oxygen atoms in total. The lowest BCUT2D eigenvalue weighted by atomic mass is 9.94. The number of carbonyl (C=O) groups is 2. The van der Waals surface area contributed by atoms with E-state index in [1.165, 1.54) is 25.3 Å². The van der Waals surface area contributed by atoms with Crippen molar-refractivity contribution in [2.75, 3.05) is 0 Å². The Kier molecular flexibility index (Phi) is 9.28. The van der Waals surface area contributed by atoms with E-state index in [9.17, 15) is 35.9 Å². The predicted octanol–water partition coefficient (Wildman–Crippen LogP) is 6.25. The van der Waals surface area contributed by atoms with Crippen LogP contribution < -0.4 is 11.1 Å². The molecule has 0 aliphatic carbocycles. The predicted molar refractivity (Wildman–Crippen MR) is 141 cm³/mol. The maximum atomic E-state index is 14.1. The molecule has 0 fully saturated rings. The Labute approximate surface area is 236 Å². The fourth-order valence-corrected chi connectivity index (χ4v) is 4.65. The highest BCUT2D eigenvalue weighted by atomic mass is 19.3. The lowest BCUT2D eigenvalue weighted by Gasteiger charge is -2.25. The summed E-state index contributed by atoms with van der Waals surface area (Å²) in [7, 11) is 0. The van der Waals surface area contributed by atoms with Gasteiger partial charge in [-0.05, 0) is 60.4 Å². The van der Waals surface area contributed by atoms with E-state index in [-0.39, 0.29) is 29.7 Å². The summed E-state index contributed by atoms with van der Waals surface area (Å²) in [4.78, 5) is 29.8. The first-order valence-corrected chi connectivity index (χ1v) is 12.7. The van der Waals surface area contributed by atoms with Crippen molar-refractivity contribution in [3.63, 3.8) is 0 Å². The Morgan fingerprint density at radius 2 is 1.67 bits per heavy atom. The number of nitrogens with one attached hydrogen (secondary N) is 1. The summed E-state index contributed by atoms with van der Waals surface area (Å²) in [5.41, 5.74) is 5.11. The summed E-state index contributed by atoms with van der Waals surface area (Å²) in [6.07, 6.45) is -5.23. The van der Waals surface area contributed by atoms with Crippen molar-refractivity contribution in [2.24, 2.45) is 5.73 Å². The number of alkyl halides is 4. The molecule has 42 heavy (non-hydrogen) atoms. The Balaban J connectivity index is 1.79. The maximum absolute atomic E-state index is 14.1. The van der Waals surface area contributed by atoms with Crippen LogP contribution in [-0.4, -0.2) is 26.6 Å². The van der Waals surface area contributed by atoms with Crippen LogP contribution in [0.5, 0.6) is 0 Å². The average molecular weight is 590 g/mol. The van der Waals surface area contributed by atoms with Crippen molar-refractivity contribution in [3.05, 3.63) is 107 Å². The number of nitrogens with two attached hydrogens (primary N) is 1. The van der Waals surface area contributed by atoms with Crippen LogP contribution in [0, 0.1) is 11.6 Å². The first-order valence-electron chi connectivity index (χ1n) is 12.7. The molecule has 0 bridgehead atoms. The Hall–Kier alpha value is -4.68. The molecule has 0 spiro atoms. The van der Waals surface area contributed by atoms with E-state index < -0.39 is 59.8 Å². The number of primary amides is 1. The number of hydrogen-bond acceptors (Lipinski definition) is 4. The van der Waals surface area contributed by atoms with Crippen LogP contribution in [0.25, 0.3) is 11.1 Å². The summed E-state index contributed by atoms with van der Waals surface area (Å²) in [6, 6.07) is 10.3. The molecule has 3 N–H and O–H groups in total. The molecule has 2 amide bonds. The summed E-state index contributed by atoms with van der Waals surface area (Å²) < 4.78 is 82.8. The molecule has 2 atom stereocenters. The zero-order chi connectivity index (χ0) is 30.6. The maximum Gasteiger partial charge on any atom is 0.282 e. The molecule has 2 aromatic carbocycles. The van der Waals surface area contributed by atoms with Gasteiger partial charge < -0.3 is 11.1 Å². The van der Waals surface area contributed by atoms with Gasteiger partial charge >= 0.3 is 0 Å². The van der Waals surface area contributed by atoms with Gasteiger partial charge in [0.15, 0.2) is 0 Å². The molecule has 0 saturated carbocycles. The summed E-state index contributed by atoms with van der Waals surface area (Å²) >= 11 is 0. The minimum Gasteiger partial charge on any atom is -0.366 e. The second-order valence-corrected chi connectivity index (χ2v) is 9.39. The third-order valence-electron chi connectivity index (χ3n) is 6.52. The molecule has 0 saturated heterocycles. The van der Waals surface area contributed by atoms with Crippen molar-refractivity contribution < 1.29 is 35.9 Å². The molecule has 2 aromatic heterocycles. The summed E-state index contributed by atoms with van der Waals surface area (Å²) in [6.45, 7) is 1.49. The first kappa shape index (κ1) is 30.3. The first-order chi connectivity index (χ1) is 20.0. The minimum atomic E-state index is -3.20. The number of aromatic nitrogens is 3. The Morgan fingerprint density at radius 1 is 0.952 bits per heavy atom. The van der Waals surface area contributed by atoms with Gasteiger partial charge in [-0.15, -0.1) is 0 Å². The smallest absolute Gasteiger partial charge is 0.282 e. The molecular formula is C29H25F6N5O2. The van der Waals surface area contributed by atoms with Crippen LogP contribution in [0.2, 0.25) is 0 Å². The standard InChI is InChI=1S/C29H25F6N5O2/c1-2-23(40-24(27(34)35)14-22(39-40)26(32)33)29(42)38-21(11-15-9-18(30)13-19(31)10-15)25-20(7-4-8-37-25)16-5-3-6-17(12-16)28(36)41/h3-10,12-14,21,23,26-27H,2,11H2,1H3,(H2,36,41)(H,38,42)/t21-,23?/m0/s1. The van der Waals surface area contributed by atoms with E-state index in [0.717, 1.165) is 12.1 Å². The zero-order valence-corrected chi connectivity index (χ0v) is 22.1. The fraction of sp³-hybridized carbons (Fsp3) is 0.241. The second-order valence-electron chi connectivity index (χ2n) is 9.39. The molecule has 13 heteroatoms. The molecule has 4 aromatic rings. The second kappa shape index (κ2) is 12.9. The number of rotatable bonds is 11. The molecule has 0 aliphatic heterocycles. The van der Waals surface area contributed by atoms with Gasteiger partial charge in [0.1, 0.15) is 29.1 Å². The van der Waals surface area contributed by atoms with E-state index in [0.29, 0.717) is 27.9 Å². The monoisotopic (exact) mass is 589 g/mol. The number of halogens is 6. The summed E-state index contributed by atoms with van der Waals surface area (Å²) in [5, 5.41) is 6.26. The van der Waals surface area contributed by atoms with Gasteiger partial charge in [0, 0.05) is 23.4 Å². The van der Waals surface area contributed by atoms with Crippen molar-refractivity contribution in [3.8, 4) is 11.1 Å². The lowest BCUT2D eigenvalue weighted by Crippen LogP contribution is -2.37. The van der Waals surface area contributed by atoms with Crippen LogP contribution in [0.4, 0.5) is 26.3 Å². The number of amides is 2.